The highest BCUT2D eigenvalue weighted by molar-refractivity contribution is 7.89. The fourth-order valence-corrected chi connectivity index (χ4v) is 3.96. The van der Waals surface area contributed by atoms with E-state index in [1.54, 1.807) is 7.11 Å². The van der Waals surface area contributed by atoms with Gasteiger partial charge in [-0.15, -0.1) is 0 Å². The summed E-state index contributed by atoms with van der Waals surface area (Å²) in [6.07, 6.45) is 1.61. The Labute approximate surface area is 113 Å². The maximum absolute atomic E-state index is 12.5. The summed E-state index contributed by atoms with van der Waals surface area (Å²) in [5, 5.41) is 9.42. The lowest BCUT2D eigenvalue weighted by Gasteiger charge is -2.38. The predicted molar refractivity (Wildman–Crippen MR) is 71.5 cm³/mol. The lowest BCUT2D eigenvalue weighted by atomic mass is 9.96. The number of methoxy groups -OCH3 is 1. The number of benzene rings is 1. The van der Waals surface area contributed by atoms with Crippen molar-refractivity contribution in [2.24, 2.45) is 0 Å². The molecule has 0 aromatic heterocycles. The summed E-state index contributed by atoms with van der Waals surface area (Å²) in [6, 6.07) is 5.75. The van der Waals surface area contributed by atoms with Crippen molar-refractivity contribution in [1.29, 1.82) is 0 Å². The van der Waals surface area contributed by atoms with Crippen LogP contribution in [0, 0.1) is 0 Å². The number of hydrogen-bond acceptors (Lipinski definition) is 4. The van der Waals surface area contributed by atoms with E-state index >= 15 is 0 Å². The monoisotopic (exact) mass is 285 g/mol. The molecule has 1 aromatic carbocycles. The number of aromatic hydroxyl groups is 1. The minimum absolute atomic E-state index is 0.0485. The Morgan fingerprint density at radius 3 is 2.79 bits per heavy atom. The van der Waals surface area contributed by atoms with Gasteiger partial charge in [-0.1, -0.05) is 6.07 Å². The first-order valence-electron chi connectivity index (χ1n) is 6.22. The van der Waals surface area contributed by atoms with Crippen LogP contribution in [0.4, 0.5) is 0 Å². The number of rotatable bonds is 3. The molecule has 0 bridgehead atoms. The predicted octanol–water partition coefficient (Wildman–Crippen LogP) is 1.58. The second-order valence-electron chi connectivity index (χ2n) is 5.09. The normalized spacial score (nSPS) is 25.4. The highest BCUT2D eigenvalue weighted by Gasteiger charge is 2.37. The number of phenols is 1. The molecule has 1 aromatic rings. The molecule has 1 atom stereocenters. The van der Waals surface area contributed by atoms with Crippen LogP contribution in [0.1, 0.15) is 19.8 Å². The first kappa shape index (κ1) is 14.3. The van der Waals surface area contributed by atoms with E-state index in [0.29, 0.717) is 13.1 Å². The van der Waals surface area contributed by atoms with E-state index < -0.39 is 15.6 Å². The topological polar surface area (TPSA) is 66.8 Å². The van der Waals surface area contributed by atoms with Gasteiger partial charge < -0.3 is 9.84 Å². The van der Waals surface area contributed by atoms with Gasteiger partial charge in [0.25, 0.3) is 0 Å². The van der Waals surface area contributed by atoms with Crippen molar-refractivity contribution in [1.82, 2.24) is 4.31 Å². The summed E-state index contributed by atoms with van der Waals surface area (Å²) in [6.45, 7) is 2.73. The zero-order valence-corrected chi connectivity index (χ0v) is 12.0. The van der Waals surface area contributed by atoms with Crippen LogP contribution in [-0.4, -0.2) is 43.6 Å². The lowest BCUT2D eigenvalue weighted by Crippen LogP contribution is -2.49. The molecule has 19 heavy (non-hydrogen) atoms. The third kappa shape index (κ3) is 2.91. The number of hydrogen-bond donors (Lipinski definition) is 1. The Morgan fingerprint density at radius 1 is 1.42 bits per heavy atom. The number of phenolic OH excluding ortho intramolecular Hbond substituents is 1. The summed E-state index contributed by atoms with van der Waals surface area (Å²) >= 11 is 0. The zero-order chi connectivity index (χ0) is 14.1. The molecular formula is C13H19NO4S. The van der Waals surface area contributed by atoms with Crippen LogP contribution in [0.25, 0.3) is 0 Å². The van der Waals surface area contributed by atoms with Crippen LogP contribution in [0.2, 0.25) is 0 Å². The molecule has 0 aliphatic carbocycles. The van der Waals surface area contributed by atoms with E-state index in [2.05, 4.69) is 0 Å². The van der Waals surface area contributed by atoms with Gasteiger partial charge in [0.15, 0.2) is 0 Å². The second-order valence-corrected chi connectivity index (χ2v) is 7.03. The van der Waals surface area contributed by atoms with Gasteiger partial charge in [-0.05, 0) is 38.0 Å². The first-order valence-corrected chi connectivity index (χ1v) is 7.66. The van der Waals surface area contributed by atoms with Gasteiger partial charge in [-0.3, -0.25) is 0 Å². The standard InChI is InChI=1S/C13H19NO4S/c1-13(18-2)7-4-8-14(10-13)19(16,17)12-6-3-5-11(15)9-12/h3,5-6,9,15H,4,7-8,10H2,1-2H3. The Hall–Kier alpha value is -1.11. The molecule has 1 aliphatic rings. The maximum atomic E-state index is 12.5. The molecule has 6 heteroatoms. The van der Waals surface area contributed by atoms with E-state index in [9.17, 15) is 13.5 Å². The van der Waals surface area contributed by atoms with Gasteiger partial charge in [0.1, 0.15) is 5.75 Å². The molecule has 0 amide bonds. The van der Waals surface area contributed by atoms with Crippen LogP contribution in [0.5, 0.6) is 5.75 Å². The van der Waals surface area contributed by atoms with E-state index in [4.69, 9.17) is 4.74 Å². The molecule has 0 radical (unpaired) electrons. The molecule has 0 saturated carbocycles. The van der Waals surface area contributed by atoms with Crippen molar-refractivity contribution in [3.8, 4) is 5.75 Å². The minimum atomic E-state index is -3.57. The Balaban J connectivity index is 2.30. The number of piperidine rings is 1. The fraction of sp³-hybridized carbons (Fsp3) is 0.538. The molecule has 5 nitrogen and oxygen atoms in total. The second kappa shape index (κ2) is 5.11. The van der Waals surface area contributed by atoms with Crippen LogP contribution in [-0.2, 0) is 14.8 Å². The fourth-order valence-electron chi connectivity index (χ4n) is 2.33. The maximum Gasteiger partial charge on any atom is 0.243 e. The van der Waals surface area contributed by atoms with Crippen molar-refractivity contribution >= 4 is 10.0 Å². The van der Waals surface area contributed by atoms with Gasteiger partial charge in [0, 0.05) is 20.2 Å². The largest absolute Gasteiger partial charge is 0.508 e. The number of sulfonamides is 1. The summed E-state index contributed by atoms with van der Waals surface area (Å²) in [7, 11) is -1.97. The number of ether oxygens (including phenoxy) is 1. The molecule has 0 spiro atoms. The molecule has 1 fully saturated rings. The Bertz CT molecular complexity index is 558. The van der Waals surface area contributed by atoms with Crippen LogP contribution in [0.15, 0.2) is 29.2 Å². The van der Waals surface area contributed by atoms with Gasteiger partial charge in [-0.2, -0.15) is 4.31 Å². The van der Waals surface area contributed by atoms with Crippen LogP contribution in [0.3, 0.4) is 0 Å². The quantitative estimate of drug-likeness (QED) is 0.915. The molecule has 106 valence electrons. The summed E-state index contributed by atoms with van der Waals surface area (Å²) in [4.78, 5) is 0.118. The highest BCUT2D eigenvalue weighted by atomic mass is 32.2. The van der Waals surface area contributed by atoms with E-state index in [-0.39, 0.29) is 10.6 Å². The Kier molecular flexibility index (Phi) is 3.85. The van der Waals surface area contributed by atoms with Gasteiger partial charge >= 0.3 is 0 Å². The third-order valence-electron chi connectivity index (χ3n) is 3.57. The molecule has 1 N–H and O–H groups in total. The highest BCUT2D eigenvalue weighted by Crippen LogP contribution is 2.29. The van der Waals surface area contributed by atoms with Crippen molar-refractivity contribution in [2.45, 2.75) is 30.3 Å². The van der Waals surface area contributed by atoms with Crippen LogP contribution >= 0.6 is 0 Å². The Morgan fingerprint density at radius 2 is 2.16 bits per heavy atom. The van der Waals surface area contributed by atoms with Crippen molar-refractivity contribution in [2.75, 3.05) is 20.2 Å². The average molecular weight is 285 g/mol. The van der Waals surface area contributed by atoms with Gasteiger partial charge in [-0.25, -0.2) is 8.42 Å². The molecule has 1 unspecified atom stereocenters. The lowest BCUT2D eigenvalue weighted by molar-refractivity contribution is -0.0319. The van der Waals surface area contributed by atoms with Crippen molar-refractivity contribution < 1.29 is 18.3 Å². The summed E-state index contributed by atoms with van der Waals surface area (Å²) in [5.41, 5.74) is -0.442. The van der Waals surface area contributed by atoms with E-state index in [1.807, 2.05) is 6.92 Å². The number of nitrogens with zero attached hydrogens (tertiary/aromatic N) is 1. The molecule has 1 heterocycles. The molecule has 1 saturated heterocycles. The van der Waals surface area contributed by atoms with Crippen molar-refractivity contribution in [3.05, 3.63) is 24.3 Å². The SMILES string of the molecule is COC1(C)CCCN(S(=O)(=O)c2cccc(O)c2)C1. The smallest absolute Gasteiger partial charge is 0.243 e. The summed E-state index contributed by atoms with van der Waals surface area (Å²) in [5.74, 6) is -0.0485. The summed E-state index contributed by atoms with van der Waals surface area (Å²) < 4.78 is 31.8. The molecule has 1 aliphatic heterocycles. The first-order chi connectivity index (χ1) is 8.87. The van der Waals surface area contributed by atoms with E-state index in [0.717, 1.165) is 12.8 Å². The van der Waals surface area contributed by atoms with Gasteiger partial charge in [0.2, 0.25) is 10.0 Å². The zero-order valence-electron chi connectivity index (χ0n) is 11.2. The van der Waals surface area contributed by atoms with E-state index in [1.165, 1.54) is 28.6 Å². The minimum Gasteiger partial charge on any atom is -0.508 e. The molecular weight excluding hydrogens is 266 g/mol. The van der Waals surface area contributed by atoms with Crippen LogP contribution < -0.4 is 0 Å². The molecule has 2 rings (SSSR count). The third-order valence-corrected chi connectivity index (χ3v) is 5.41. The average Bonchev–Trinajstić information content (AvgIpc) is 2.39. The van der Waals surface area contributed by atoms with Gasteiger partial charge in [0.05, 0.1) is 10.5 Å². The van der Waals surface area contributed by atoms with Crippen molar-refractivity contribution in [3.63, 3.8) is 0 Å².